The van der Waals surface area contributed by atoms with Crippen LogP contribution in [0.3, 0.4) is 0 Å². The number of benzene rings is 1. The molecule has 0 saturated carbocycles. The second-order valence-electron chi connectivity index (χ2n) is 5.65. The highest BCUT2D eigenvalue weighted by Crippen LogP contribution is 2.27. The van der Waals surface area contributed by atoms with Crippen LogP contribution in [0.1, 0.15) is 32.1 Å². The van der Waals surface area contributed by atoms with Crippen LogP contribution in [0.15, 0.2) is 6.33 Å². The summed E-state index contributed by atoms with van der Waals surface area (Å²) in [5.41, 5.74) is -1.05. The third-order valence-electron chi connectivity index (χ3n) is 3.96. The Morgan fingerprint density at radius 2 is 1.59 bits per heavy atom. The van der Waals surface area contributed by atoms with Gasteiger partial charge in [0.2, 0.25) is 41.1 Å². The summed E-state index contributed by atoms with van der Waals surface area (Å²) in [6.45, 7) is 3.98. The molecule has 1 unspecified atom stereocenters. The lowest BCUT2D eigenvalue weighted by Gasteiger charge is -2.12. The number of hydrogen-bond donors (Lipinski definition) is 0. The fourth-order valence-corrected chi connectivity index (χ4v) is 2.82. The maximum Gasteiger partial charge on any atom is 0.278 e. The highest BCUT2D eigenvalue weighted by molar-refractivity contribution is 5.36. The van der Waals surface area contributed by atoms with Crippen LogP contribution in [0.5, 0.6) is 0 Å². The van der Waals surface area contributed by atoms with Crippen molar-refractivity contribution in [1.82, 2.24) is 9.78 Å². The van der Waals surface area contributed by atoms with E-state index in [9.17, 15) is 22.0 Å². The summed E-state index contributed by atoms with van der Waals surface area (Å²) < 4.78 is 69.7. The second kappa shape index (κ2) is 5.03. The first-order valence-corrected chi connectivity index (χ1v) is 6.84. The molecular formula is C14H13F5N3+. The Kier molecular flexibility index (Phi) is 3.41. The normalized spacial score (nSPS) is 17.4. The maximum atomic E-state index is 13.8. The first-order chi connectivity index (χ1) is 10.3. The van der Waals surface area contributed by atoms with Crippen molar-refractivity contribution in [3.8, 4) is 5.69 Å². The van der Waals surface area contributed by atoms with E-state index in [4.69, 9.17) is 0 Å². The van der Waals surface area contributed by atoms with E-state index < -0.39 is 34.8 Å². The number of fused-ring (bicyclic) bond motifs is 1. The highest BCUT2D eigenvalue weighted by atomic mass is 19.2. The molecule has 0 radical (unpaired) electrons. The fraction of sp³-hybridized carbons (Fsp3) is 0.429. The summed E-state index contributed by atoms with van der Waals surface area (Å²) in [6, 6.07) is 0.0880. The van der Waals surface area contributed by atoms with Crippen LogP contribution in [0.2, 0.25) is 0 Å². The second-order valence-corrected chi connectivity index (χ2v) is 5.65. The number of nitrogens with zero attached hydrogens (tertiary/aromatic N) is 3. The minimum absolute atomic E-state index is 0.0880. The van der Waals surface area contributed by atoms with E-state index in [1.165, 1.54) is 6.33 Å². The summed E-state index contributed by atoms with van der Waals surface area (Å²) in [4.78, 5) is 0. The molecule has 2 heterocycles. The van der Waals surface area contributed by atoms with Crippen LogP contribution in [-0.2, 0) is 6.42 Å². The summed E-state index contributed by atoms with van der Waals surface area (Å²) >= 11 is 0. The van der Waals surface area contributed by atoms with E-state index in [-0.39, 0.29) is 12.0 Å². The Balaban J connectivity index is 2.17. The summed E-state index contributed by atoms with van der Waals surface area (Å²) in [6.07, 6.45) is 2.70. The van der Waals surface area contributed by atoms with E-state index in [0.29, 0.717) is 12.2 Å². The van der Waals surface area contributed by atoms with Crippen molar-refractivity contribution in [2.75, 3.05) is 0 Å². The average Bonchev–Trinajstić information content (AvgIpc) is 3.03. The lowest BCUT2D eigenvalue weighted by Crippen LogP contribution is -2.39. The van der Waals surface area contributed by atoms with Gasteiger partial charge >= 0.3 is 0 Å². The molecule has 0 spiro atoms. The van der Waals surface area contributed by atoms with Crippen LogP contribution in [0, 0.1) is 35.0 Å². The van der Waals surface area contributed by atoms with E-state index in [1.54, 1.807) is 4.57 Å². The molecule has 1 aromatic heterocycles. The fourth-order valence-electron chi connectivity index (χ4n) is 2.82. The molecule has 1 aliphatic rings. The van der Waals surface area contributed by atoms with Gasteiger partial charge in [-0.2, -0.15) is 8.78 Å². The molecule has 0 bridgehead atoms. The van der Waals surface area contributed by atoms with Crippen molar-refractivity contribution in [2.45, 2.75) is 32.7 Å². The number of hydrogen-bond acceptors (Lipinski definition) is 1. The molecule has 1 aliphatic heterocycles. The zero-order chi connectivity index (χ0) is 16.2. The minimum Gasteiger partial charge on any atom is -0.231 e. The van der Waals surface area contributed by atoms with Crippen LogP contribution in [0.4, 0.5) is 22.0 Å². The van der Waals surface area contributed by atoms with Gasteiger partial charge in [-0.3, -0.25) is 0 Å². The first-order valence-electron chi connectivity index (χ1n) is 6.84. The van der Waals surface area contributed by atoms with Crippen LogP contribution in [-0.4, -0.2) is 9.78 Å². The van der Waals surface area contributed by atoms with E-state index in [0.717, 1.165) is 11.1 Å². The molecule has 0 N–H and O–H groups in total. The molecule has 8 heteroatoms. The van der Waals surface area contributed by atoms with Gasteiger partial charge in [-0.15, -0.1) is 0 Å². The summed E-state index contributed by atoms with van der Waals surface area (Å²) in [5.74, 6) is -9.09. The molecule has 0 aliphatic carbocycles. The van der Waals surface area contributed by atoms with E-state index >= 15 is 0 Å². The molecule has 1 aromatic carbocycles. The van der Waals surface area contributed by atoms with E-state index in [2.05, 4.69) is 5.10 Å². The molecule has 22 heavy (non-hydrogen) atoms. The quantitative estimate of drug-likeness (QED) is 0.361. The smallest absolute Gasteiger partial charge is 0.231 e. The van der Waals surface area contributed by atoms with Gasteiger partial charge in [-0.25, -0.2) is 17.7 Å². The minimum atomic E-state index is -2.17. The SMILES string of the molecule is CC(C)C1CCc2nn(-c3c(F)c(F)c(F)c(F)c3F)c[n+]21. The lowest BCUT2D eigenvalue weighted by molar-refractivity contribution is -0.723. The molecule has 1 atom stereocenters. The Hall–Kier alpha value is -1.99. The third kappa shape index (κ3) is 2.00. The van der Waals surface area contributed by atoms with Gasteiger partial charge in [0.15, 0.2) is 0 Å². The Morgan fingerprint density at radius 3 is 2.14 bits per heavy atom. The Bertz CT molecular complexity index is 724. The first kappa shape index (κ1) is 14.9. The molecular weight excluding hydrogens is 305 g/mol. The Labute approximate surface area is 123 Å². The molecule has 0 saturated heterocycles. The van der Waals surface area contributed by atoms with Crippen molar-refractivity contribution >= 4 is 0 Å². The predicted octanol–water partition coefficient (Wildman–Crippen LogP) is 3.00. The van der Waals surface area contributed by atoms with Crippen molar-refractivity contribution < 1.29 is 26.5 Å². The molecule has 118 valence electrons. The number of halogens is 5. The van der Waals surface area contributed by atoms with Crippen molar-refractivity contribution in [3.63, 3.8) is 0 Å². The zero-order valence-corrected chi connectivity index (χ0v) is 11.9. The number of rotatable bonds is 2. The lowest BCUT2D eigenvalue weighted by atomic mass is 10.0. The largest absolute Gasteiger partial charge is 0.278 e. The average molecular weight is 318 g/mol. The van der Waals surface area contributed by atoms with Crippen LogP contribution in [0.25, 0.3) is 5.69 Å². The monoisotopic (exact) mass is 318 g/mol. The molecule has 3 nitrogen and oxygen atoms in total. The topological polar surface area (TPSA) is 21.7 Å². The predicted molar refractivity (Wildman–Crippen MR) is 65.7 cm³/mol. The number of aryl methyl sites for hydroxylation is 1. The van der Waals surface area contributed by atoms with Gasteiger partial charge in [0.05, 0.1) is 6.04 Å². The van der Waals surface area contributed by atoms with Gasteiger partial charge in [-0.1, -0.05) is 18.5 Å². The van der Waals surface area contributed by atoms with Gasteiger partial charge in [0.25, 0.3) is 5.82 Å². The standard InChI is InChI=1S/C14H13F5N3/c1-6(2)7-3-4-8-20-22(5-21(7)8)14-12(18)10(16)9(15)11(17)13(14)19/h5-7H,3-4H2,1-2H3/q+1. The van der Waals surface area contributed by atoms with Gasteiger partial charge in [0.1, 0.15) is 0 Å². The summed E-state index contributed by atoms with van der Waals surface area (Å²) in [5, 5.41) is 3.97. The molecule has 2 aromatic rings. The van der Waals surface area contributed by atoms with Crippen molar-refractivity contribution in [2.24, 2.45) is 5.92 Å². The van der Waals surface area contributed by atoms with Crippen molar-refractivity contribution in [3.05, 3.63) is 41.2 Å². The third-order valence-corrected chi connectivity index (χ3v) is 3.96. The van der Waals surface area contributed by atoms with Crippen LogP contribution >= 0.6 is 0 Å². The van der Waals surface area contributed by atoms with Gasteiger partial charge < -0.3 is 0 Å². The maximum absolute atomic E-state index is 13.8. The summed E-state index contributed by atoms with van der Waals surface area (Å²) in [7, 11) is 0. The molecule has 3 rings (SSSR count). The Morgan fingerprint density at radius 1 is 1.05 bits per heavy atom. The van der Waals surface area contributed by atoms with Gasteiger partial charge in [0, 0.05) is 11.5 Å². The zero-order valence-electron chi connectivity index (χ0n) is 11.9. The van der Waals surface area contributed by atoms with Crippen LogP contribution < -0.4 is 4.57 Å². The van der Waals surface area contributed by atoms with Crippen molar-refractivity contribution in [1.29, 1.82) is 0 Å². The number of aromatic nitrogens is 3. The molecule has 0 fully saturated rings. The highest BCUT2D eigenvalue weighted by Gasteiger charge is 2.37. The molecule has 0 amide bonds. The van der Waals surface area contributed by atoms with E-state index in [1.807, 2.05) is 13.8 Å². The van der Waals surface area contributed by atoms with Gasteiger partial charge in [-0.05, 0) is 12.3 Å².